The molecule has 0 saturated heterocycles. The first kappa shape index (κ1) is 9.91. The Hall–Kier alpha value is -2.17. The van der Waals surface area contributed by atoms with Crippen molar-refractivity contribution >= 4 is 23.2 Å². The number of carbonyl (C=O) groups is 1. The average Bonchev–Trinajstić information content (AvgIpc) is 2.20. The molecule has 0 spiro atoms. The molecular formula is C9H9N3O2. The summed E-state index contributed by atoms with van der Waals surface area (Å²) in [5.74, 6) is 0.538. The number of hydrogen-bond donors (Lipinski definition) is 2. The molecule has 1 aromatic heterocycles. The van der Waals surface area contributed by atoms with Gasteiger partial charge in [0.2, 0.25) is 0 Å². The summed E-state index contributed by atoms with van der Waals surface area (Å²) in [7, 11) is 0. The van der Waals surface area contributed by atoms with Gasteiger partial charge in [0.1, 0.15) is 12.1 Å². The predicted molar refractivity (Wildman–Crippen MR) is 52.6 cm³/mol. The zero-order valence-electron chi connectivity index (χ0n) is 7.29. The highest BCUT2D eigenvalue weighted by Gasteiger charge is 1.95. The maximum Gasteiger partial charge on any atom is 0.290 e. The van der Waals surface area contributed by atoms with Gasteiger partial charge in [-0.2, -0.15) is 0 Å². The SMILES string of the molecule is Nc1ncnc2ccccc12.O=CO. The molecule has 0 aliphatic rings. The minimum atomic E-state index is -0.250. The van der Waals surface area contributed by atoms with Gasteiger partial charge < -0.3 is 10.8 Å². The molecule has 0 saturated carbocycles. The molecule has 0 radical (unpaired) electrons. The number of fused-ring (bicyclic) bond motifs is 1. The number of nitrogens with zero attached hydrogens (tertiary/aromatic N) is 2. The van der Waals surface area contributed by atoms with E-state index in [0.717, 1.165) is 10.9 Å². The molecule has 2 rings (SSSR count). The molecular weight excluding hydrogens is 182 g/mol. The predicted octanol–water partition coefficient (Wildman–Crippen LogP) is 0.913. The quantitative estimate of drug-likeness (QED) is 0.604. The third-order valence-electron chi connectivity index (χ3n) is 1.57. The van der Waals surface area contributed by atoms with Crippen molar-refractivity contribution in [2.75, 3.05) is 5.73 Å². The van der Waals surface area contributed by atoms with E-state index >= 15 is 0 Å². The van der Waals surface area contributed by atoms with Crippen molar-refractivity contribution in [2.24, 2.45) is 0 Å². The number of benzene rings is 1. The Balaban J connectivity index is 0.000000293. The molecule has 5 nitrogen and oxygen atoms in total. The molecule has 2 aromatic rings. The normalized spacial score (nSPS) is 8.86. The molecule has 3 N–H and O–H groups in total. The van der Waals surface area contributed by atoms with E-state index in [-0.39, 0.29) is 6.47 Å². The number of hydrogen-bond acceptors (Lipinski definition) is 4. The summed E-state index contributed by atoms with van der Waals surface area (Å²) in [6.07, 6.45) is 1.47. The van der Waals surface area contributed by atoms with Crippen molar-refractivity contribution in [3.8, 4) is 0 Å². The lowest BCUT2D eigenvalue weighted by atomic mass is 10.2. The monoisotopic (exact) mass is 191 g/mol. The van der Waals surface area contributed by atoms with Crippen LogP contribution in [-0.4, -0.2) is 21.5 Å². The van der Waals surface area contributed by atoms with Crippen LogP contribution in [0, 0.1) is 0 Å². The Morgan fingerprint density at radius 3 is 2.57 bits per heavy atom. The number of aromatic nitrogens is 2. The fourth-order valence-corrected chi connectivity index (χ4v) is 1.03. The van der Waals surface area contributed by atoms with E-state index in [9.17, 15) is 0 Å². The van der Waals surface area contributed by atoms with Crippen molar-refractivity contribution in [3.63, 3.8) is 0 Å². The fraction of sp³-hybridized carbons (Fsp3) is 0. The van der Waals surface area contributed by atoms with E-state index in [1.165, 1.54) is 6.33 Å². The Morgan fingerprint density at radius 1 is 1.29 bits per heavy atom. The molecule has 72 valence electrons. The third-order valence-corrected chi connectivity index (χ3v) is 1.57. The van der Waals surface area contributed by atoms with Crippen molar-refractivity contribution in [3.05, 3.63) is 30.6 Å². The highest BCUT2D eigenvalue weighted by atomic mass is 16.3. The van der Waals surface area contributed by atoms with E-state index in [4.69, 9.17) is 15.6 Å². The molecule has 5 heteroatoms. The minimum absolute atomic E-state index is 0.250. The zero-order chi connectivity index (χ0) is 10.4. The van der Waals surface area contributed by atoms with E-state index in [1.807, 2.05) is 24.3 Å². The summed E-state index contributed by atoms with van der Waals surface area (Å²) < 4.78 is 0. The molecule has 1 heterocycles. The lowest BCUT2D eigenvalue weighted by molar-refractivity contribution is -0.122. The van der Waals surface area contributed by atoms with Gasteiger partial charge in [0.15, 0.2) is 0 Å². The van der Waals surface area contributed by atoms with E-state index in [0.29, 0.717) is 5.82 Å². The second kappa shape index (κ2) is 4.76. The van der Waals surface area contributed by atoms with Gasteiger partial charge in [-0.3, -0.25) is 4.79 Å². The average molecular weight is 191 g/mol. The molecule has 0 aliphatic heterocycles. The van der Waals surface area contributed by atoms with Crippen LogP contribution in [0.2, 0.25) is 0 Å². The minimum Gasteiger partial charge on any atom is -0.483 e. The molecule has 0 fully saturated rings. The van der Waals surface area contributed by atoms with E-state index in [2.05, 4.69) is 9.97 Å². The second-order valence-corrected chi connectivity index (χ2v) is 2.38. The number of anilines is 1. The Kier molecular flexibility index (Phi) is 3.37. The van der Waals surface area contributed by atoms with Gasteiger partial charge in [-0.15, -0.1) is 0 Å². The molecule has 0 atom stereocenters. The van der Waals surface area contributed by atoms with Gasteiger partial charge in [0, 0.05) is 5.39 Å². The zero-order valence-corrected chi connectivity index (χ0v) is 7.29. The highest BCUT2D eigenvalue weighted by molar-refractivity contribution is 5.87. The number of para-hydroxylation sites is 1. The first-order valence-corrected chi connectivity index (χ1v) is 3.82. The lowest BCUT2D eigenvalue weighted by Gasteiger charge is -1.96. The van der Waals surface area contributed by atoms with Gasteiger partial charge in [0.05, 0.1) is 5.52 Å². The lowest BCUT2D eigenvalue weighted by Crippen LogP contribution is -1.91. The Morgan fingerprint density at radius 2 is 1.93 bits per heavy atom. The topological polar surface area (TPSA) is 89.1 Å². The van der Waals surface area contributed by atoms with Crippen LogP contribution >= 0.6 is 0 Å². The van der Waals surface area contributed by atoms with Crippen LogP contribution in [0.1, 0.15) is 0 Å². The molecule has 0 bridgehead atoms. The van der Waals surface area contributed by atoms with Crippen molar-refractivity contribution < 1.29 is 9.90 Å². The summed E-state index contributed by atoms with van der Waals surface area (Å²) in [6.45, 7) is -0.250. The summed E-state index contributed by atoms with van der Waals surface area (Å²) in [5.41, 5.74) is 6.49. The largest absolute Gasteiger partial charge is 0.483 e. The highest BCUT2D eigenvalue weighted by Crippen LogP contribution is 2.14. The van der Waals surface area contributed by atoms with Crippen LogP contribution in [0.25, 0.3) is 10.9 Å². The second-order valence-electron chi connectivity index (χ2n) is 2.38. The van der Waals surface area contributed by atoms with Crippen molar-refractivity contribution in [1.29, 1.82) is 0 Å². The summed E-state index contributed by atoms with van der Waals surface area (Å²) in [5, 5.41) is 7.80. The fourth-order valence-electron chi connectivity index (χ4n) is 1.03. The third kappa shape index (κ3) is 2.16. The van der Waals surface area contributed by atoms with Crippen LogP contribution in [-0.2, 0) is 4.79 Å². The maximum atomic E-state index is 8.36. The number of rotatable bonds is 0. The number of carboxylic acid groups (broad SMARTS) is 1. The van der Waals surface area contributed by atoms with Crippen LogP contribution in [0.3, 0.4) is 0 Å². The van der Waals surface area contributed by atoms with Gasteiger partial charge in [0.25, 0.3) is 6.47 Å². The first-order chi connectivity index (χ1) is 6.79. The Bertz CT molecular complexity index is 426. The van der Waals surface area contributed by atoms with Crippen LogP contribution in [0.15, 0.2) is 30.6 Å². The van der Waals surface area contributed by atoms with Gasteiger partial charge in [-0.1, -0.05) is 12.1 Å². The van der Waals surface area contributed by atoms with E-state index in [1.54, 1.807) is 0 Å². The van der Waals surface area contributed by atoms with Gasteiger partial charge >= 0.3 is 0 Å². The molecule has 0 unspecified atom stereocenters. The van der Waals surface area contributed by atoms with E-state index < -0.39 is 0 Å². The number of nitrogen functional groups attached to an aromatic ring is 1. The van der Waals surface area contributed by atoms with Crippen LogP contribution < -0.4 is 5.73 Å². The smallest absolute Gasteiger partial charge is 0.290 e. The maximum absolute atomic E-state index is 8.36. The Labute approximate surface area is 80.2 Å². The van der Waals surface area contributed by atoms with Crippen LogP contribution in [0.5, 0.6) is 0 Å². The number of nitrogens with two attached hydrogens (primary N) is 1. The molecule has 14 heavy (non-hydrogen) atoms. The summed E-state index contributed by atoms with van der Waals surface area (Å²) in [4.78, 5) is 16.3. The molecule has 0 amide bonds. The van der Waals surface area contributed by atoms with Gasteiger partial charge in [-0.25, -0.2) is 9.97 Å². The van der Waals surface area contributed by atoms with Crippen molar-refractivity contribution in [2.45, 2.75) is 0 Å². The standard InChI is InChI=1S/C8H7N3.CH2O2/c9-8-6-3-1-2-4-7(6)10-5-11-8;2-1-3/h1-5H,(H2,9,10,11);1H,(H,2,3). The van der Waals surface area contributed by atoms with Crippen molar-refractivity contribution in [1.82, 2.24) is 9.97 Å². The molecule has 1 aromatic carbocycles. The van der Waals surface area contributed by atoms with Crippen LogP contribution in [0.4, 0.5) is 5.82 Å². The summed E-state index contributed by atoms with van der Waals surface area (Å²) in [6, 6.07) is 7.66. The summed E-state index contributed by atoms with van der Waals surface area (Å²) >= 11 is 0. The first-order valence-electron chi connectivity index (χ1n) is 3.82. The van der Waals surface area contributed by atoms with Gasteiger partial charge in [-0.05, 0) is 12.1 Å². The molecule has 0 aliphatic carbocycles.